The zero-order valence-electron chi connectivity index (χ0n) is 9.80. The maximum absolute atomic E-state index is 11.9. The molecule has 2 nitrogen and oxygen atoms in total. The molecular weight excluding hydrogens is 312 g/mol. The normalized spacial score (nSPS) is 13.3. The fourth-order valence-electron chi connectivity index (χ4n) is 1.63. The monoisotopic (exact) mass is 327 g/mol. The van der Waals surface area contributed by atoms with Crippen molar-refractivity contribution in [3.63, 3.8) is 0 Å². The second-order valence-electron chi connectivity index (χ2n) is 3.66. The van der Waals surface area contributed by atoms with Gasteiger partial charge in [-0.1, -0.05) is 0 Å². The largest absolute Gasteiger partial charge is 0.375 e. The minimum absolute atomic E-state index is 0.148. The number of aryl methyl sites for hydroxylation is 1. The summed E-state index contributed by atoms with van der Waals surface area (Å²) in [5.41, 5.74) is 1.20. The maximum atomic E-state index is 11.9. The van der Waals surface area contributed by atoms with E-state index in [2.05, 4.69) is 34.2 Å². The summed E-state index contributed by atoms with van der Waals surface area (Å²) in [4.78, 5) is 1.23. The predicted octanol–water partition coefficient (Wildman–Crippen LogP) is 3.75. The lowest BCUT2D eigenvalue weighted by Crippen LogP contribution is -2.19. The Balaban J connectivity index is 2.46. The standard InChI is InChI=1S/C11H16BrF2NOS/c1-7-8(5-10(12)17-7)9(15-2)3-4-16-6-11(13)14/h5,9,11,15H,3-4,6H2,1-2H3. The molecule has 0 saturated heterocycles. The summed E-state index contributed by atoms with van der Waals surface area (Å²) in [6.07, 6.45) is -1.70. The van der Waals surface area contributed by atoms with E-state index < -0.39 is 13.0 Å². The Hall–Kier alpha value is -0.0400. The van der Waals surface area contributed by atoms with Gasteiger partial charge in [-0.25, -0.2) is 8.78 Å². The summed E-state index contributed by atoms with van der Waals surface area (Å²) in [5, 5.41) is 3.18. The lowest BCUT2D eigenvalue weighted by atomic mass is 10.1. The van der Waals surface area contributed by atoms with Crippen molar-refractivity contribution in [3.8, 4) is 0 Å². The molecule has 0 aliphatic rings. The van der Waals surface area contributed by atoms with Crippen molar-refractivity contribution >= 4 is 27.3 Å². The first-order valence-corrected chi connectivity index (χ1v) is 6.94. The third kappa shape index (κ3) is 4.99. The van der Waals surface area contributed by atoms with Gasteiger partial charge >= 0.3 is 0 Å². The molecule has 1 heterocycles. The molecule has 0 spiro atoms. The molecular formula is C11H16BrF2NOS. The zero-order valence-corrected chi connectivity index (χ0v) is 12.2. The van der Waals surface area contributed by atoms with Crippen molar-refractivity contribution in [2.75, 3.05) is 20.3 Å². The average molecular weight is 328 g/mol. The minimum atomic E-state index is -2.39. The maximum Gasteiger partial charge on any atom is 0.261 e. The van der Waals surface area contributed by atoms with Gasteiger partial charge in [-0.15, -0.1) is 11.3 Å². The van der Waals surface area contributed by atoms with Gasteiger partial charge in [0.25, 0.3) is 6.43 Å². The molecule has 0 aromatic carbocycles. The van der Waals surface area contributed by atoms with Crippen LogP contribution in [0.4, 0.5) is 8.78 Å². The Morgan fingerprint density at radius 3 is 2.71 bits per heavy atom. The lowest BCUT2D eigenvalue weighted by molar-refractivity contribution is 0.0145. The number of nitrogens with one attached hydrogen (secondary N) is 1. The first kappa shape index (κ1) is 15.0. The fourth-order valence-corrected chi connectivity index (χ4v) is 3.41. The average Bonchev–Trinajstić information content (AvgIpc) is 2.58. The van der Waals surface area contributed by atoms with Gasteiger partial charge < -0.3 is 10.1 Å². The highest BCUT2D eigenvalue weighted by Gasteiger charge is 2.14. The van der Waals surface area contributed by atoms with Gasteiger partial charge in [0.05, 0.1) is 3.79 Å². The number of hydrogen-bond acceptors (Lipinski definition) is 3. The Kier molecular flexibility index (Phi) is 6.54. The van der Waals surface area contributed by atoms with Crippen molar-refractivity contribution < 1.29 is 13.5 Å². The molecule has 0 aliphatic heterocycles. The minimum Gasteiger partial charge on any atom is -0.375 e. The van der Waals surface area contributed by atoms with E-state index in [1.54, 1.807) is 11.3 Å². The van der Waals surface area contributed by atoms with E-state index in [0.29, 0.717) is 13.0 Å². The lowest BCUT2D eigenvalue weighted by Gasteiger charge is -2.16. The molecule has 1 N–H and O–H groups in total. The van der Waals surface area contributed by atoms with E-state index >= 15 is 0 Å². The second-order valence-corrected chi connectivity index (χ2v) is 6.29. The zero-order chi connectivity index (χ0) is 12.8. The van der Waals surface area contributed by atoms with Crippen molar-refractivity contribution in [2.45, 2.75) is 25.8 Å². The van der Waals surface area contributed by atoms with Crippen LogP contribution in [0.5, 0.6) is 0 Å². The van der Waals surface area contributed by atoms with Crippen molar-refractivity contribution in [2.24, 2.45) is 0 Å². The smallest absolute Gasteiger partial charge is 0.261 e. The van der Waals surface area contributed by atoms with Crippen LogP contribution in [0, 0.1) is 6.92 Å². The van der Waals surface area contributed by atoms with E-state index in [1.807, 2.05) is 7.05 Å². The van der Waals surface area contributed by atoms with Crippen LogP contribution in [-0.4, -0.2) is 26.7 Å². The molecule has 1 rings (SSSR count). The van der Waals surface area contributed by atoms with Crippen LogP contribution < -0.4 is 5.32 Å². The Morgan fingerprint density at radius 2 is 2.24 bits per heavy atom. The summed E-state index contributed by atoms with van der Waals surface area (Å²) < 4.78 is 29.8. The third-order valence-corrected chi connectivity index (χ3v) is 4.01. The molecule has 1 aromatic rings. The van der Waals surface area contributed by atoms with Gasteiger partial charge in [-0.3, -0.25) is 0 Å². The number of thiophene rings is 1. The summed E-state index contributed by atoms with van der Waals surface area (Å²) in [5.74, 6) is 0. The van der Waals surface area contributed by atoms with Gasteiger partial charge in [0, 0.05) is 17.5 Å². The van der Waals surface area contributed by atoms with E-state index in [0.717, 1.165) is 3.79 Å². The molecule has 0 saturated carbocycles. The first-order valence-electron chi connectivity index (χ1n) is 5.33. The van der Waals surface area contributed by atoms with Crippen molar-refractivity contribution in [3.05, 3.63) is 20.3 Å². The van der Waals surface area contributed by atoms with Gasteiger partial charge in [0.15, 0.2) is 0 Å². The van der Waals surface area contributed by atoms with Gasteiger partial charge in [-0.05, 0) is 48.0 Å². The molecule has 0 fully saturated rings. The Morgan fingerprint density at radius 1 is 1.53 bits per heavy atom. The van der Waals surface area contributed by atoms with E-state index in [9.17, 15) is 8.78 Å². The molecule has 0 aliphatic carbocycles. The number of hydrogen-bond donors (Lipinski definition) is 1. The molecule has 17 heavy (non-hydrogen) atoms. The molecule has 0 bridgehead atoms. The summed E-state index contributed by atoms with van der Waals surface area (Å²) in [6.45, 7) is 1.90. The van der Waals surface area contributed by atoms with Crippen molar-refractivity contribution in [1.29, 1.82) is 0 Å². The van der Waals surface area contributed by atoms with Crippen LogP contribution in [0.2, 0.25) is 0 Å². The third-order valence-electron chi connectivity index (χ3n) is 2.44. The van der Waals surface area contributed by atoms with Crippen LogP contribution in [0.1, 0.15) is 22.9 Å². The highest BCUT2D eigenvalue weighted by molar-refractivity contribution is 9.11. The number of alkyl halides is 2. The Bertz CT molecular complexity index is 346. The van der Waals surface area contributed by atoms with E-state index in [4.69, 9.17) is 4.74 Å². The van der Waals surface area contributed by atoms with Gasteiger partial charge in [-0.2, -0.15) is 0 Å². The summed E-state index contributed by atoms with van der Waals surface area (Å²) in [7, 11) is 1.86. The highest BCUT2D eigenvalue weighted by Crippen LogP contribution is 2.31. The first-order chi connectivity index (χ1) is 8.04. The number of rotatable bonds is 7. The van der Waals surface area contributed by atoms with Crippen LogP contribution in [0.25, 0.3) is 0 Å². The topological polar surface area (TPSA) is 21.3 Å². The van der Waals surface area contributed by atoms with E-state index in [-0.39, 0.29) is 6.04 Å². The van der Waals surface area contributed by atoms with Crippen LogP contribution >= 0.6 is 27.3 Å². The quantitative estimate of drug-likeness (QED) is 0.770. The fraction of sp³-hybridized carbons (Fsp3) is 0.636. The predicted molar refractivity (Wildman–Crippen MR) is 70.0 cm³/mol. The summed E-state index contributed by atoms with van der Waals surface area (Å²) in [6, 6.07) is 2.21. The van der Waals surface area contributed by atoms with Crippen molar-refractivity contribution in [1.82, 2.24) is 5.32 Å². The molecule has 1 unspecified atom stereocenters. The molecule has 98 valence electrons. The summed E-state index contributed by atoms with van der Waals surface area (Å²) >= 11 is 5.11. The van der Waals surface area contributed by atoms with Crippen LogP contribution in [0.15, 0.2) is 9.85 Å². The van der Waals surface area contributed by atoms with Gasteiger partial charge in [0.2, 0.25) is 0 Å². The Labute approximate surface area is 112 Å². The molecule has 0 radical (unpaired) electrons. The highest BCUT2D eigenvalue weighted by atomic mass is 79.9. The number of ether oxygens (including phenoxy) is 1. The van der Waals surface area contributed by atoms with Crippen LogP contribution in [-0.2, 0) is 4.74 Å². The molecule has 6 heteroatoms. The molecule has 1 aromatic heterocycles. The second kappa shape index (κ2) is 7.41. The molecule has 1 atom stereocenters. The van der Waals surface area contributed by atoms with E-state index in [1.165, 1.54) is 10.4 Å². The van der Waals surface area contributed by atoms with Gasteiger partial charge in [0.1, 0.15) is 6.61 Å². The molecule has 0 amide bonds. The van der Waals surface area contributed by atoms with Crippen LogP contribution in [0.3, 0.4) is 0 Å². The SMILES string of the molecule is CNC(CCOCC(F)F)c1cc(Br)sc1C. The number of halogens is 3.